The summed E-state index contributed by atoms with van der Waals surface area (Å²) in [4.78, 5) is 30.0. The minimum atomic E-state index is -4.24. The number of aryl methyl sites for hydroxylation is 2. The average molecular weight is 681 g/mol. The van der Waals surface area contributed by atoms with E-state index >= 15 is 0 Å². The highest BCUT2D eigenvalue weighted by atomic mass is 35.5. The maximum atomic E-state index is 14.6. The van der Waals surface area contributed by atoms with Crippen molar-refractivity contribution in [1.82, 2.24) is 10.2 Å². The first-order chi connectivity index (χ1) is 21.9. The van der Waals surface area contributed by atoms with Gasteiger partial charge in [0.1, 0.15) is 12.6 Å². The quantitative estimate of drug-likeness (QED) is 0.160. The van der Waals surface area contributed by atoms with Gasteiger partial charge in [0.15, 0.2) is 0 Å². The summed E-state index contributed by atoms with van der Waals surface area (Å²) in [5.41, 5.74) is 3.65. The van der Waals surface area contributed by atoms with E-state index in [0.717, 1.165) is 21.0 Å². The molecule has 4 aromatic rings. The van der Waals surface area contributed by atoms with Crippen LogP contribution in [-0.4, -0.2) is 43.8 Å². The van der Waals surface area contributed by atoms with Crippen LogP contribution in [0.2, 0.25) is 10.0 Å². The summed E-state index contributed by atoms with van der Waals surface area (Å²) in [7, 11) is -4.24. The zero-order valence-electron chi connectivity index (χ0n) is 26.4. The number of sulfonamides is 1. The van der Waals surface area contributed by atoms with Crippen LogP contribution in [0.3, 0.4) is 0 Å². The molecule has 0 saturated carbocycles. The summed E-state index contributed by atoms with van der Waals surface area (Å²) in [5, 5.41) is 3.85. The van der Waals surface area contributed by atoms with Crippen molar-refractivity contribution in [2.75, 3.05) is 10.8 Å². The van der Waals surface area contributed by atoms with E-state index in [9.17, 15) is 18.0 Å². The van der Waals surface area contributed by atoms with Gasteiger partial charge in [0.25, 0.3) is 10.0 Å². The van der Waals surface area contributed by atoms with E-state index in [1.54, 1.807) is 30.3 Å². The third-order valence-corrected chi connectivity index (χ3v) is 10.4. The van der Waals surface area contributed by atoms with Crippen LogP contribution in [-0.2, 0) is 32.6 Å². The molecular formula is C36H39Cl2N3O4S. The number of amides is 2. The van der Waals surface area contributed by atoms with Crippen molar-refractivity contribution in [2.24, 2.45) is 0 Å². The Morgan fingerprint density at radius 2 is 1.50 bits per heavy atom. The van der Waals surface area contributed by atoms with Gasteiger partial charge in [0.05, 0.1) is 10.6 Å². The molecule has 4 aromatic carbocycles. The molecule has 2 amide bonds. The van der Waals surface area contributed by atoms with Crippen molar-refractivity contribution in [3.05, 3.63) is 129 Å². The molecule has 242 valence electrons. The maximum absolute atomic E-state index is 14.6. The van der Waals surface area contributed by atoms with Gasteiger partial charge in [-0.2, -0.15) is 0 Å². The number of carbonyl (C=O) groups excluding carboxylic acids is 2. The van der Waals surface area contributed by atoms with Gasteiger partial charge in [-0.3, -0.25) is 13.9 Å². The second kappa shape index (κ2) is 15.6. The fourth-order valence-corrected chi connectivity index (χ4v) is 6.68. The third-order valence-electron chi connectivity index (χ3n) is 8.03. The van der Waals surface area contributed by atoms with Crippen LogP contribution in [0.15, 0.2) is 102 Å². The minimum Gasteiger partial charge on any atom is -0.352 e. The molecule has 4 rings (SSSR count). The lowest BCUT2D eigenvalue weighted by Crippen LogP contribution is -2.54. The molecular weight excluding hydrogens is 641 g/mol. The lowest BCUT2D eigenvalue weighted by Gasteiger charge is -2.34. The number of halogens is 2. The van der Waals surface area contributed by atoms with Gasteiger partial charge in [-0.25, -0.2) is 8.42 Å². The molecule has 2 unspecified atom stereocenters. The normalized spacial score (nSPS) is 12.7. The molecule has 0 spiro atoms. The van der Waals surface area contributed by atoms with Gasteiger partial charge in [-0.05, 0) is 91.9 Å². The molecule has 0 aliphatic carbocycles. The number of anilines is 1. The fourth-order valence-electron chi connectivity index (χ4n) is 4.95. The van der Waals surface area contributed by atoms with Crippen molar-refractivity contribution in [3.63, 3.8) is 0 Å². The predicted molar refractivity (Wildman–Crippen MR) is 186 cm³/mol. The van der Waals surface area contributed by atoms with Gasteiger partial charge in [-0.15, -0.1) is 0 Å². The van der Waals surface area contributed by atoms with E-state index < -0.39 is 28.5 Å². The maximum Gasteiger partial charge on any atom is 0.264 e. The largest absolute Gasteiger partial charge is 0.352 e. The van der Waals surface area contributed by atoms with Gasteiger partial charge in [0, 0.05) is 29.1 Å². The number of benzene rings is 4. The van der Waals surface area contributed by atoms with Crippen LogP contribution in [0.25, 0.3) is 0 Å². The Balaban J connectivity index is 1.83. The number of hydrogen-bond acceptors (Lipinski definition) is 4. The van der Waals surface area contributed by atoms with E-state index in [-0.39, 0.29) is 29.8 Å². The zero-order valence-corrected chi connectivity index (χ0v) is 28.7. The first-order valence-corrected chi connectivity index (χ1v) is 17.3. The highest BCUT2D eigenvalue weighted by molar-refractivity contribution is 7.92. The van der Waals surface area contributed by atoms with Gasteiger partial charge in [-0.1, -0.05) is 84.7 Å². The minimum absolute atomic E-state index is 0.00824. The highest BCUT2D eigenvalue weighted by Gasteiger charge is 2.35. The van der Waals surface area contributed by atoms with Crippen molar-refractivity contribution < 1.29 is 18.0 Å². The lowest BCUT2D eigenvalue weighted by atomic mass is 10.0. The number of hydrogen-bond donors (Lipinski definition) is 1. The smallest absolute Gasteiger partial charge is 0.264 e. The van der Waals surface area contributed by atoms with E-state index in [0.29, 0.717) is 27.7 Å². The molecule has 0 aliphatic rings. The Hall–Kier alpha value is -3.85. The standard InChI is InChI=1S/C36H39Cl2N3O4S/c1-5-27(4)39-36(43)34(22-28-11-7-6-8-12-28)40(23-29-13-9-10-14-33(29)38)35(42)24-41(31-18-15-25(2)26(3)21-31)46(44,45)32-19-16-30(37)17-20-32/h6-21,27,34H,5,22-24H2,1-4H3,(H,39,43). The molecule has 0 bridgehead atoms. The van der Waals surface area contributed by atoms with E-state index in [1.807, 2.05) is 70.2 Å². The average Bonchev–Trinajstić information content (AvgIpc) is 3.04. The van der Waals surface area contributed by atoms with Crippen LogP contribution in [0.4, 0.5) is 5.69 Å². The fraction of sp³-hybridized carbons (Fsp3) is 0.278. The molecule has 0 aromatic heterocycles. The summed E-state index contributed by atoms with van der Waals surface area (Å²) < 4.78 is 29.5. The predicted octanol–water partition coefficient (Wildman–Crippen LogP) is 7.36. The molecule has 2 atom stereocenters. The molecule has 0 radical (unpaired) electrons. The molecule has 0 fully saturated rings. The Morgan fingerprint density at radius 3 is 2.13 bits per heavy atom. The van der Waals surface area contributed by atoms with Crippen LogP contribution in [0.1, 0.15) is 42.5 Å². The van der Waals surface area contributed by atoms with Gasteiger partial charge >= 0.3 is 0 Å². The Labute approximate surface area is 282 Å². The van der Waals surface area contributed by atoms with Crippen molar-refractivity contribution >= 4 is 50.7 Å². The van der Waals surface area contributed by atoms with Gasteiger partial charge in [0.2, 0.25) is 11.8 Å². The third kappa shape index (κ3) is 8.69. The Kier molecular flexibility index (Phi) is 11.9. The second-order valence-corrected chi connectivity index (χ2v) is 14.1. The molecule has 10 heteroatoms. The summed E-state index contributed by atoms with van der Waals surface area (Å²) >= 11 is 12.6. The number of nitrogens with one attached hydrogen (secondary N) is 1. The van der Waals surface area contributed by atoms with Crippen LogP contribution >= 0.6 is 23.2 Å². The van der Waals surface area contributed by atoms with Crippen molar-refractivity contribution in [3.8, 4) is 0 Å². The molecule has 0 saturated heterocycles. The van der Waals surface area contributed by atoms with Gasteiger partial charge < -0.3 is 10.2 Å². The number of carbonyl (C=O) groups is 2. The molecule has 7 nitrogen and oxygen atoms in total. The topological polar surface area (TPSA) is 86.8 Å². The summed E-state index contributed by atoms with van der Waals surface area (Å²) in [6, 6.07) is 26.5. The monoisotopic (exact) mass is 679 g/mol. The van der Waals surface area contributed by atoms with E-state index in [4.69, 9.17) is 23.2 Å². The zero-order chi connectivity index (χ0) is 33.4. The van der Waals surface area contributed by atoms with Crippen molar-refractivity contribution in [1.29, 1.82) is 0 Å². The second-order valence-electron chi connectivity index (χ2n) is 11.4. The first-order valence-electron chi connectivity index (χ1n) is 15.1. The highest BCUT2D eigenvalue weighted by Crippen LogP contribution is 2.28. The molecule has 0 aliphatic heterocycles. The Morgan fingerprint density at radius 1 is 0.848 bits per heavy atom. The molecule has 0 heterocycles. The summed E-state index contributed by atoms with van der Waals surface area (Å²) in [5.74, 6) is -0.896. The molecule has 1 N–H and O–H groups in total. The summed E-state index contributed by atoms with van der Waals surface area (Å²) in [6.45, 7) is 7.11. The van der Waals surface area contributed by atoms with Crippen LogP contribution < -0.4 is 9.62 Å². The lowest BCUT2D eigenvalue weighted by molar-refractivity contribution is -0.140. The van der Waals surface area contributed by atoms with Crippen LogP contribution in [0.5, 0.6) is 0 Å². The summed E-state index contributed by atoms with van der Waals surface area (Å²) in [6.07, 6.45) is 0.912. The SMILES string of the molecule is CCC(C)NC(=O)C(Cc1ccccc1)N(Cc1ccccc1Cl)C(=O)CN(c1ccc(C)c(C)c1)S(=O)(=O)c1ccc(Cl)cc1. The first kappa shape index (κ1) is 35.0. The van der Waals surface area contributed by atoms with Crippen molar-refractivity contribution in [2.45, 2.75) is 64.1 Å². The molecule has 46 heavy (non-hydrogen) atoms. The number of rotatable bonds is 13. The van der Waals surface area contributed by atoms with Crippen LogP contribution in [0, 0.1) is 13.8 Å². The number of nitrogens with zero attached hydrogens (tertiary/aromatic N) is 2. The van der Waals surface area contributed by atoms with E-state index in [1.165, 1.54) is 29.2 Å². The Bertz CT molecular complexity index is 1770. The van der Waals surface area contributed by atoms with E-state index in [2.05, 4.69) is 5.32 Å².